The quantitative estimate of drug-likeness (QED) is 0.168. The summed E-state index contributed by atoms with van der Waals surface area (Å²) < 4.78 is 7.17. The molecule has 59 heavy (non-hydrogen) atoms. The predicted octanol–water partition coefficient (Wildman–Crippen LogP) is 14.3. The number of thiophene rings is 2. The van der Waals surface area contributed by atoms with Crippen molar-refractivity contribution in [2.45, 2.75) is 0 Å². The first-order valence-electron chi connectivity index (χ1n) is 19.6. The Morgan fingerprint density at radius 1 is 0.373 bits per heavy atom. The van der Waals surface area contributed by atoms with Crippen LogP contribution in [-0.4, -0.2) is 24.5 Å². The molecule has 12 aromatic rings. The van der Waals surface area contributed by atoms with Crippen molar-refractivity contribution in [3.63, 3.8) is 0 Å². The van der Waals surface area contributed by atoms with Gasteiger partial charge in [0.25, 0.3) is 0 Å². The van der Waals surface area contributed by atoms with Crippen LogP contribution in [0.2, 0.25) is 0 Å². The van der Waals surface area contributed by atoms with Crippen molar-refractivity contribution in [2.24, 2.45) is 0 Å². The number of hydrogen-bond acceptors (Lipinski definition) is 6. The fraction of sp³-hybridized carbons (Fsp3) is 0. The van der Waals surface area contributed by atoms with E-state index in [4.69, 9.17) is 19.9 Å². The number of aromatic nitrogens is 5. The smallest absolute Gasteiger partial charge is 0.164 e. The molecule has 12 rings (SSSR count). The summed E-state index contributed by atoms with van der Waals surface area (Å²) in [4.78, 5) is 20.9. The zero-order valence-electron chi connectivity index (χ0n) is 31.5. The maximum atomic E-state index is 5.30. The average Bonchev–Trinajstić information content (AvgIpc) is 4.01. The van der Waals surface area contributed by atoms with E-state index in [9.17, 15) is 0 Å². The molecule has 4 heterocycles. The molecule has 0 atom stereocenters. The van der Waals surface area contributed by atoms with Crippen LogP contribution >= 0.6 is 22.7 Å². The van der Waals surface area contributed by atoms with Crippen LogP contribution in [0.15, 0.2) is 188 Å². The number of hydrogen-bond donors (Lipinski definition) is 0. The maximum Gasteiger partial charge on any atom is 0.164 e. The van der Waals surface area contributed by atoms with Gasteiger partial charge in [-0.3, -0.25) is 4.57 Å². The van der Waals surface area contributed by atoms with Gasteiger partial charge in [0.05, 0.1) is 11.0 Å². The molecule has 4 aromatic heterocycles. The summed E-state index contributed by atoms with van der Waals surface area (Å²) in [5.41, 5.74) is 9.36. The van der Waals surface area contributed by atoms with Crippen LogP contribution in [-0.2, 0) is 0 Å². The van der Waals surface area contributed by atoms with Crippen molar-refractivity contribution < 1.29 is 0 Å². The summed E-state index contributed by atoms with van der Waals surface area (Å²) in [6.45, 7) is 0. The summed E-state index contributed by atoms with van der Waals surface area (Å²) in [6.07, 6.45) is 0. The second-order valence-corrected chi connectivity index (χ2v) is 16.7. The van der Waals surface area contributed by atoms with Gasteiger partial charge < -0.3 is 0 Å². The highest BCUT2D eigenvalue weighted by molar-refractivity contribution is 7.26. The van der Waals surface area contributed by atoms with Gasteiger partial charge in [0.15, 0.2) is 17.5 Å². The summed E-state index contributed by atoms with van der Waals surface area (Å²) in [6, 6.07) is 65.9. The lowest BCUT2D eigenvalue weighted by molar-refractivity contribution is 1.08. The lowest BCUT2D eigenvalue weighted by Gasteiger charge is -2.11. The van der Waals surface area contributed by atoms with E-state index >= 15 is 0 Å². The first-order valence-corrected chi connectivity index (χ1v) is 21.2. The standard InChI is InChI=1S/C52H31N5S2/c1-3-15-32(16-4-1)49-54-50(34-18-11-17-33(31-34)36-22-12-23-38-37-21-7-10-29-44(37)58-47(36)38)56-51(55-49)40-25-14-30-45-46(40)39-24-13-26-41(48(39)59-45)52-53-42-27-8-9-28-43(42)57(52)35-19-5-2-6-20-35/h1-31H. The van der Waals surface area contributed by atoms with Crippen molar-refractivity contribution in [3.05, 3.63) is 188 Å². The van der Waals surface area contributed by atoms with Crippen LogP contribution in [0, 0.1) is 0 Å². The molecular weight excluding hydrogens is 759 g/mol. The average molecular weight is 790 g/mol. The highest BCUT2D eigenvalue weighted by atomic mass is 32.1. The fourth-order valence-corrected chi connectivity index (χ4v) is 10.9. The van der Waals surface area contributed by atoms with E-state index < -0.39 is 0 Å². The normalized spacial score (nSPS) is 11.7. The molecule has 8 aromatic carbocycles. The second-order valence-electron chi connectivity index (χ2n) is 14.6. The lowest BCUT2D eigenvalue weighted by atomic mass is 10.0. The van der Waals surface area contributed by atoms with Crippen LogP contribution < -0.4 is 0 Å². The Hall–Kier alpha value is -7.32. The summed E-state index contributed by atoms with van der Waals surface area (Å²) in [7, 11) is 0. The van der Waals surface area contributed by atoms with E-state index in [0.29, 0.717) is 17.5 Å². The van der Waals surface area contributed by atoms with Gasteiger partial charge in [-0.05, 0) is 59.7 Å². The Kier molecular flexibility index (Phi) is 7.82. The van der Waals surface area contributed by atoms with Crippen molar-refractivity contribution in [2.75, 3.05) is 0 Å². The highest BCUT2D eigenvalue weighted by Crippen LogP contribution is 2.45. The molecule has 0 unspecified atom stereocenters. The van der Waals surface area contributed by atoms with Crippen LogP contribution in [0.3, 0.4) is 0 Å². The van der Waals surface area contributed by atoms with E-state index in [1.54, 1.807) is 11.3 Å². The molecule has 0 N–H and O–H groups in total. The molecule has 0 aliphatic carbocycles. The molecule has 0 amide bonds. The van der Waals surface area contributed by atoms with Gasteiger partial charge in [0.2, 0.25) is 0 Å². The monoisotopic (exact) mass is 789 g/mol. The molecule has 0 bridgehead atoms. The Bertz CT molecular complexity index is 3570. The van der Waals surface area contributed by atoms with E-state index in [-0.39, 0.29) is 0 Å². The minimum absolute atomic E-state index is 0.632. The number of benzene rings is 8. The van der Waals surface area contributed by atoms with Crippen molar-refractivity contribution in [3.8, 4) is 62.4 Å². The number of para-hydroxylation sites is 3. The summed E-state index contributed by atoms with van der Waals surface area (Å²) in [5.74, 6) is 2.82. The maximum absolute atomic E-state index is 5.30. The van der Waals surface area contributed by atoms with Crippen LogP contribution in [0.25, 0.3) is 114 Å². The van der Waals surface area contributed by atoms with E-state index in [1.807, 2.05) is 29.5 Å². The Labute approximate surface area is 347 Å². The van der Waals surface area contributed by atoms with E-state index in [0.717, 1.165) is 65.8 Å². The number of imidazole rings is 1. The number of rotatable bonds is 6. The molecule has 5 nitrogen and oxygen atoms in total. The molecule has 7 heteroatoms. The molecular formula is C52H31N5S2. The van der Waals surface area contributed by atoms with Gasteiger partial charge in [-0.15, -0.1) is 22.7 Å². The highest BCUT2D eigenvalue weighted by Gasteiger charge is 2.22. The summed E-state index contributed by atoms with van der Waals surface area (Å²) in [5, 5.41) is 4.83. The Morgan fingerprint density at radius 2 is 0.949 bits per heavy atom. The molecule has 0 saturated carbocycles. The third kappa shape index (κ3) is 5.58. The largest absolute Gasteiger partial charge is 0.292 e. The van der Waals surface area contributed by atoms with Crippen LogP contribution in [0.1, 0.15) is 0 Å². The zero-order chi connectivity index (χ0) is 38.9. The fourth-order valence-electron chi connectivity index (χ4n) is 8.40. The molecule has 0 aliphatic rings. The first-order chi connectivity index (χ1) is 29.2. The van der Waals surface area contributed by atoms with Gasteiger partial charge in [-0.2, -0.15) is 0 Å². The van der Waals surface area contributed by atoms with Gasteiger partial charge >= 0.3 is 0 Å². The summed E-state index contributed by atoms with van der Waals surface area (Å²) >= 11 is 3.63. The Balaban J connectivity index is 1.05. The van der Waals surface area contributed by atoms with Gasteiger partial charge in [0, 0.05) is 68.3 Å². The first kappa shape index (κ1) is 33.8. The second kappa shape index (κ2) is 13.7. The van der Waals surface area contributed by atoms with Gasteiger partial charge in [-0.25, -0.2) is 19.9 Å². The Morgan fingerprint density at radius 3 is 1.83 bits per heavy atom. The molecule has 0 radical (unpaired) electrons. The molecule has 0 spiro atoms. The minimum Gasteiger partial charge on any atom is -0.292 e. The molecule has 0 saturated heterocycles. The molecule has 276 valence electrons. The van der Waals surface area contributed by atoms with Crippen LogP contribution in [0.4, 0.5) is 0 Å². The van der Waals surface area contributed by atoms with Crippen molar-refractivity contribution >= 4 is 74.1 Å². The topological polar surface area (TPSA) is 56.5 Å². The van der Waals surface area contributed by atoms with E-state index in [1.165, 1.54) is 30.4 Å². The molecule has 0 aliphatic heterocycles. The third-order valence-electron chi connectivity index (χ3n) is 11.1. The third-order valence-corrected chi connectivity index (χ3v) is 13.5. The zero-order valence-corrected chi connectivity index (χ0v) is 33.1. The van der Waals surface area contributed by atoms with E-state index in [2.05, 4.69) is 174 Å². The molecule has 0 fully saturated rings. The van der Waals surface area contributed by atoms with Crippen LogP contribution in [0.5, 0.6) is 0 Å². The lowest BCUT2D eigenvalue weighted by Crippen LogP contribution is -2.00. The van der Waals surface area contributed by atoms with Crippen molar-refractivity contribution in [1.82, 2.24) is 24.5 Å². The predicted molar refractivity (Wildman–Crippen MR) is 247 cm³/mol. The van der Waals surface area contributed by atoms with Gasteiger partial charge in [0.1, 0.15) is 5.82 Å². The number of fused-ring (bicyclic) bond motifs is 7. The SMILES string of the molecule is c1ccc(-c2nc(-c3cccc(-c4cccc5c4sc4ccccc45)c3)nc(-c3cccc4sc5c(-c6nc7ccccc7n6-c6ccccc6)cccc5c34)n2)cc1. The van der Waals surface area contributed by atoms with Crippen molar-refractivity contribution in [1.29, 1.82) is 0 Å². The van der Waals surface area contributed by atoms with Gasteiger partial charge in [-0.1, -0.05) is 140 Å². The minimum atomic E-state index is 0.632. The number of nitrogens with zero attached hydrogens (tertiary/aromatic N) is 5.